The van der Waals surface area contributed by atoms with Crippen LogP contribution in [0.4, 0.5) is 5.69 Å². The van der Waals surface area contributed by atoms with E-state index in [0.717, 1.165) is 57.3 Å². The van der Waals surface area contributed by atoms with Crippen molar-refractivity contribution >= 4 is 5.69 Å². The highest BCUT2D eigenvalue weighted by molar-refractivity contribution is 5.55. The fraction of sp³-hybridized carbons (Fsp3) is 0.556. The average molecular weight is 314 g/mol. The summed E-state index contributed by atoms with van der Waals surface area (Å²) in [6, 6.07) is 6.68. The molecule has 0 saturated carbocycles. The summed E-state index contributed by atoms with van der Waals surface area (Å²) in [5.41, 5.74) is 4.04. The zero-order valence-electron chi connectivity index (χ0n) is 14.4. The zero-order chi connectivity index (χ0) is 16.2. The first kappa shape index (κ1) is 16.0. The Morgan fingerprint density at radius 1 is 1.13 bits per heavy atom. The Hall–Kier alpha value is -1.88. The van der Waals surface area contributed by atoms with E-state index in [1.54, 1.807) is 0 Å². The van der Waals surface area contributed by atoms with Gasteiger partial charge in [-0.2, -0.15) is 4.98 Å². The van der Waals surface area contributed by atoms with Gasteiger partial charge in [-0.3, -0.25) is 4.90 Å². The molecule has 0 atom stereocenters. The van der Waals surface area contributed by atoms with E-state index in [9.17, 15) is 0 Å². The van der Waals surface area contributed by atoms with Crippen molar-refractivity contribution < 1.29 is 4.52 Å². The minimum absolute atomic E-state index is 0.744. The summed E-state index contributed by atoms with van der Waals surface area (Å²) in [5.74, 6) is 1.57. The molecule has 0 N–H and O–H groups in total. The largest absolute Gasteiger partial charge is 0.369 e. The van der Waals surface area contributed by atoms with Gasteiger partial charge in [0, 0.05) is 38.3 Å². The average Bonchev–Trinajstić information content (AvgIpc) is 2.98. The SMILES string of the molecule is CCCc1noc(CN2CCN(c3cc(C)ccc3C)CC2)n1. The minimum Gasteiger partial charge on any atom is -0.369 e. The molecule has 0 amide bonds. The van der Waals surface area contributed by atoms with E-state index >= 15 is 0 Å². The van der Waals surface area contributed by atoms with Crippen molar-refractivity contribution in [1.82, 2.24) is 15.0 Å². The third-order valence-electron chi connectivity index (χ3n) is 4.42. The van der Waals surface area contributed by atoms with Crippen molar-refractivity contribution in [3.8, 4) is 0 Å². The molecular weight excluding hydrogens is 288 g/mol. The lowest BCUT2D eigenvalue weighted by Gasteiger charge is -2.36. The molecular formula is C18H26N4O. The molecule has 3 rings (SSSR count). The Balaban J connectivity index is 1.56. The molecule has 0 spiro atoms. The summed E-state index contributed by atoms with van der Waals surface area (Å²) in [7, 11) is 0. The normalized spacial score (nSPS) is 16.0. The second-order valence-corrected chi connectivity index (χ2v) is 6.41. The first-order chi connectivity index (χ1) is 11.2. The molecule has 23 heavy (non-hydrogen) atoms. The molecule has 1 saturated heterocycles. The van der Waals surface area contributed by atoms with Crippen molar-refractivity contribution in [2.75, 3.05) is 31.1 Å². The second-order valence-electron chi connectivity index (χ2n) is 6.41. The summed E-state index contributed by atoms with van der Waals surface area (Å²) in [5, 5.41) is 4.03. The highest BCUT2D eigenvalue weighted by Gasteiger charge is 2.20. The van der Waals surface area contributed by atoms with E-state index in [-0.39, 0.29) is 0 Å². The van der Waals surface area contributed by atoms with Crippen LogP contribution in [0.15, 0.2) is 22.7 Å². The van der Waals surface area contributed by atoms with Crippen LogP contribution in [-0.4, -0.2) is 41.2 Å². The summed E-state index contributed by atoms with van der Waals surface area (Å²) in [6.07, 6.45) is 1.94. The maximum atomic E-state index is 5.35. The molecule has 0 unspecified atom stereocenters. The Morgan fingerprint density at radius 2 is 1.91 bits per heavy atom. The summed E-state index contributed by atoms with van der Waals surface area (Å²) in [6.45, 7) is 11.4. The lowest BCUT2D eigenvalue weighted by Crippen LogP contribution is -2.46. The number of hydrogen-bond acceptors (Lipinski definition) is 5. The third kappa shape index (κ3) is 3.91. The highest BCUT2D eigenvalue weighted by Crippen LogP contribution is 2.23. The Kier molecular flexibility index (Phi) is 4.96. The molecule has 5 nitrogen and oxygen atoms in total. The molecule has 1 aliphatic rings. The first-order valence-electron chi connectivity index (χ1n) is 8.51. The van der Waals surface area contributed by atoms with Crippen molar-refractivity contribution in [3.63, 3.8) is 0 Å². The van der Waals surface area contributed by atoms with Crippen LogP contribution in [0.25, 0.3) is 0 Å². The first-order valence-corrected chi connectivity index (χ1v) is 8.51. The van der Waals surface area contributed by atoms with Crippen molar-refractivity contribution in [2.24, 2.45) is 0 Å². The Bertz CT molecular complexity index is 644. The fourth-order valence-electron chi connectivity index (χ4n) is 3.08. The topological polar surface area (TPSA) is 45.4 Å². The molecule has 1 aromatic carbocycles. The van der Waals surface area contributed by atoms with Gasteiger partial charge in [0.15, 0.2) is 5.82 Å². The predicted octanol–water partition coefficient (Wildman–Crippen LogP) is 2.96. The predicted molar refractivity (Wildman–Crippen MR) is 91.7 cm³/mol. The van der Waals surface area contributed by atoms with Crippen LogP contribution in [0.5, 0.6) is 0 Å². The van der Waals surface area contributed by atoms with Gasteiger partial charge in [-0.25, -0.2) is 0 Å². The Morgan fingerprint density at radius 3 is 2.65 bits per heavy atom. The lowest BCUT2D eigenvalue weighted by molar-refractivity contribution is 0.215. The third-order valence-corrected chi connectivity index (χ3v) is 4.42. The molecule has 124 valence electrons. The number of rotatable bonds is 5. The molecule has 2 aromatic rings. The van der Waals surface area contributed by atoms with Crippen LogP contribution in [0.2, 0.25) is 0 Å². The van der Waals surface area contributed by atoms with Crippen molar-refractivity contribution in [2.45, 2.75) is 40.2 Å². The minimum atomic E-state index is 0.744. The van der Waals surface area contributed by atoms with Crippen molar-refractivity contribution in [3.05, 3.63) is 41.0 Å². The fourth-order valence-corrected chi connectivity index (χ4v) is 3.08. The maximum Gasteiger partial charge on any atom is 0.240 e. The number of piperazine rings is 1. The molecule has 0 bridgehead atoms. The van der Waals surface area contributed by atoms with Gasteiger partial charge in [0.05, 0.1) is 6.54 Å². The second kappa shape index (κ2) is 7.13. The number of aryl methyl sites for hydroxylation is 3. The van der Waals surface area contributed by atoms with Crippen LogP contribution >= 0.6 is 0 Å². The van der Waals surface area contributed by atoms with E-state index in [4.69, 9.17) is 4.52 Å². The summed E-state index contributed by atoms with van der Waals surface area (Å²) >= 11 is 0. The quantitative estimate of drug-likeness (QED) is 0.849. The maximum absolute atomic E-state index is 5.35. The zero-order valence-corrected chi connectivity index (χ0v) is 14.4. The van der Waals surface area contributed by atoms with E-state index in [1.165, 1.54) is 16.8 Å². The van der Waals surface area contributed by atoms with Crippen LogP contribution in [0.3, 0.4) is 0 Å². The van der Waals surface area contributed by atoms with Crippen LogP contribution in [-0.2, 0) is 13.0 Å². The highest BCUT2D eigenvalue weighted by atomic mass is 16.5. The number of nitrogens with zero attached hydrogens (tertiary/aromatic N) is 4. The summed E-state index contributed by atoms with van der Waals surface area (Å²) in [4.78, 5) is 9.34. The van der Waals surface area contributed by atoms with Gasteiger partial charge in [0.2, 0.25) is 5.89 Å². The van der Waals surface area contributed by atoms with Gasteiger partial charge in [-0.05, 0) is 37.5 Å². The molecule has 2 heterocycles. The van der Waals surface area contributed by atoms with Gasteiger partial charge in [-0.1, -0.05) is 24.2 Å². The Labute approximate surface area is 138 Å². The smallest absolute Gasteiger partial charge is 0.240 e. The van der Waals surface area contributed by atoms with Crippen LogP contribution in [0.1, 0.15) is 36.2 Å². The lowest BCUT2D eigenvalue weighted by atomic mass is 10.1. The van der Waals surface area contributed by atoms with Gasteiger partial charge in [0.25, 0.3) is 0 Å². The molecule has 1 fully saturated rings. The summed E-state index contributed by atoms with van der Waals surface area (Å²) < 4.78 is 5.35. The van der Waals surface area contributed by atoms with Gasteiger partial charge >= 0.3 is 0 Å². The van der Waals surface area contributed by atoms with E-state index in [1.807, 2.05) is 0 Å². The van der Waals surface area contributed by atoms with E-state index in [2.05, 4.69) is 58.9 Å². The van der Waals surface area contributed by atoms with Crippen LogP contribution < -0.4 is 4.90 Å². The molecule has 0 aliphatic carbocycles. The molecule has 1 aliphatic heterocycles. The molecule has 5 heteroatoms. The standard InChI is InChI=1S/C18H26N4O/c1-4-5-17-19-18(23-20-17)13-21-8-10-22(11-9-21)16-12-14(2)6-7-15(16)3/h6-7,12H,4-5,8-11,13H2,1-3H3. The number of benzene rings is 1. The number of anilines is 1. The van der Waals surface area contributed by atoms with Gasteiger partial charge in [0.1, 0.15) is 0 Å². The van der Waals surface area contributed by atoms with Gasteiger partial charge in [-0.15, -0.1) is 0 Å². The molecule has 1 aromatic heterocycles. The number of hydrogen-bond donors (Lipinski definition) is 0. The van der Waals surface area contributed by atoms with E-state index in [0.29, 0.717) is 0 Å². The van der Waals surface area contributed by atoms with E-state index < -0.39 is 0 Å². The monoisotopic (exact) mass is 314 g/mol. The van der Waals surface area contributed by atoms with Crippen LogP contribution in [0, 0.1) is 13.8 Å². The number of aromatic nitrogens is 2. The van der Waals surface area contributed by atoms with Crippen molar-refractivity contribution in [1.29, 1.82) is 0 Å². The molecule has 0 radical (unpaired) electrons. The van der Waals surface area contributed by atoms with Gasteiger partial charge < -0.3 is 9.42 Å².